The molecule has 0 aliphatic heterocycles. The Bertz CT molecular complexity index is 918. The second kappa shape index (κ2) is 10.2. The highest BCUT2D eigenvalue weighted by atomic mass is 32.1. The summed E-state index contributed by atoms with van der Waals surface area (Å²) in [6.07, 6.45) is 3.83. The second-order valence-corrected chi connectivity index (χ2v) is 7.82. The molecular formula is C22H25NO6S. The summed E-state index contributed by atoms with van der Waals surface area (Å²) in [5.41, 5.74) is 1.89. The Morgan fingerprint density at radius 2 is 1.63 bits per heavy atom. The third-order valence-electron chi connectivity index (χ3n) is 4.64. The zero-order chi connectivity index (χ0) is 21.5. The van der Waals surface area contributed by atoms with Crippen molar-refractivity contribution < 1.29 is 28.6 Å². The molecule has 8 heteroatoms. The predicted molar refractivity (Wildman–Crippen MR) is 113 cm³/mol. The number of fused-ring (bicyclic) bond motifs is 1. The molecule has 1 heterocycles. The fourth-order valence-electron chi connectivity index (χ4n) is 3.29. The highest BCUT2D eigenvalue weighted by Crippen LogP contribution is 2.38. The maximum Gasteiger partial charge on any atom is 0.341 e. The van der Waals surface area contributed by atoms with E-state index in [1.807, 2.05) is 0 Å². The number of esters is 2. The smallest absolute Gasteiger partial charge is 0.341 e. The van der Waals surface area contributed by atoms with Crippen molar-refractivity contribution in [1.82, 2.24) is 0 Å². The highest BCUT2D eigenvalue weighted by molar-refractivity contribution is 7.17. The number of carbonyl (C=O) groups is 3. The molecule has 1 amide bonds. The van der Waals surface area contributed by atoms with Gasteiger partial charge in [-0.3, -0.25) is 4.79 Å². The molecule has 0 saturated heterocycles. The normalized spacial score (nSPS) is 12.6. The Morgan fingerprint density at radius 3 is 2.33 bits per heavy atom. The van der Waals surface area contributed by atoms with Crippen LogP contribution in [-0.2, 0) is 27.1 Å². The van der Waals surface area contributed by atoms with E-state index in [9.17, 15) is 14.4 Å². The van der Waals surface area contributed by atoms with E-state index >= 15 is 0 Å². The van der Waals surface area contributed by atoms with E-state index in [4.69, 9.17) is 14.2 Å². The van der Waals surface area contributed by atoms with Crippen molar-refractivity contribution in [3.05, 3.63) is 45.8 Å². The first kappa shape index (κ1) is 21.8. The standard InChI is InChI=1S/C22H25NO6S/c1-3-27-21(25)14-9-11-15(12-10-14)29-13-18(24)23-20-19(22(26)28-4-2)16-7-5-6-8-17(16)30-20/h9-12H,3-8,13H2,1-2H3,(H,23,24). The number of hydrogen-bond donors (Lipinski definition) is 1. The summed E-state index contributed by atoms with van der Waals surface area (Å²) >= 11 is 1.44. The van der Waals surface area contributed by atoms with Crippen LogP contribution >= 0.6 is 11.3 Å². The van der Waals surface area contributed by atoms with Gasteiger partial charge in [0.2, 0.25) is 0 Å². The molecule has 0 bridgehead atoms. The molecule has 1 aromatic carbocycles. The molecule has 1 aliphatic rings. The molecule has 0 spiro atoms. The second-order valence-electron chi connectivity index (χ2n) is 6.72. The minimum absolute atomic E-state index is 0.219. The lowest BCUT2D eigenvalue weighted by atomic mass is 9.95. The number of ether oxygens (including phenoxy) is 3. The van der Waals surface area contributed by atoms with Crippen molar-refractivity contribution in [3.8, 4) is 5.75 Å². The first-order chi connectivity index (χ1) is 14.5. The van der Waals surface area contributed by atoms with Gasteiger partial charge >= 0.3 is 11.9 Å². The molecule has 7 nitrogen and oxygen atoms in total. The summed E-state index contributed by atoms with van der Waals surface area (Å²) in [6, 6.07) is 6.37. The van der Waals surface area contributed by atoms with Gasteiger partial charge in [-0.15, -0.1) is 11.3 Å². The number of carbonyl (C=O) groups excluding carboxylic acids is 3. The first-order valence-corrected chi connectivity index (χ1v) is 10.9. The summed E-state index contributed by atoms with van der Waals surface area (Å²) in [4.78, 5) is 37.7. The van der Waals surface area contributed by atoms with Crippen molar-refractivity contribution in [1.29, 1.82) is 0 Å². The van der Waals surface area contributed by atoms with Gasteiger partial charge in [-0.05, 0) is 69.4 Å². The summed E-state index contributed by atoms with van der Waals surface area (Å²) < 4.78 is 15.6. The number of aryl methyl sites for hydroxylation is 1. The zero-order valence-corrected chi connectivity index (χ0v) is 17.9. The minimum atomic E-state index is -0.407. The first-order valence-electron chi connectivity index (χ1n) is 10.0. The molecule has 0 unspecified atom stereocenters. The van der Waals surface area contributed by atoms with Gasteiger partial charge in [0.25, 0.3) is 5.91 Å². The van der Waals surface area contributed by atoms with E-state index < -0.39 is 11.9 Å². The van der Waals surface area contributed by atoms with Crippen LogP contribution in [0.2, 0.25) is 0 Å². The van der Waals surface area contributed by atoms with Crippen molar-refractivity contribution in [2.24, 2.45) is 0 Å². The van der Waals surface area contributed by atoms with Crippen LogP contribution in [-0.4, -0.2) is 37.7 Å². The van der Waals surface area contributed by atoms with Crippen LogP contribution in [0.25, 0.3) is 0 Å². The number of rotatable bonds is 8. The number of thiophene rings is 1. The topological polar surface area (TPSA) is 90.9 Å². The van der Waals surface area contributed by atoms with Crippen molar-refractivity contribution in [3.63, 3.8) is 0 Å². The van der Waals surface area contributed by atoms with Crippen LogP contribution in [0, 0.1) is 0 Å². The number of nitrogens with one attached hydrogen (secondary N) is 1. The molecule has 0 saturated carbocycles. The Hall–Kier alpha value is -2.87. The molecule has 1 N–H and O–H groups in total. The third-order valence-corrected chi connectivity index (χ3v) is 5.85. The predicted octanol–water partition coefficient (Wildman–Crippen LogP) is 4.00. The third kappa shape index (κ3) is 5.18. The van der Waals surface area contributed by atoms with Gasteiger partial charge in [0.05, 0.1) is 24.3 Å². The van der Waals surface area contributed by atoms with Crippen LogP contribution in [0.4, 0.5) is 5.00 Å². The van der Waals surface area contributed by atoms with Gasteiger partial charge in [-0.1, -0.05) is 0 Å². The fraction of sp³-hybridized carbons (Fsp3) is 0.409. The van der Waals surface area contributed by atoms with E-state index in [0.29, 0.717) is 28.5 Å². The SMILES string of the molecule is CCOC(=O)c1ccc(OCC(=O)Nc2sc3c(c2C(=O)OCC)CCCC3)cc1. The van der Waals surface area contributed by atoms with Gasteiger partial charge in [0.1, 0.15) is 10.8 Å². The average molecular weight is 432 g/mol. The van der Waals surface area contributed by atoms with Crippen LogP contribution in [0.1, 0.15) is 57.8 Å². The fourth-order valence-corrected chi connectivity index (χ4v) is 4.58. The van der Waals surface area contributed by atoms with Gasteiger partial charge in [-0.25, -0.2) is 9.59 Å². The molecule has 1 aromatic heterocycles. The number of benzene rings is 1. The van der Waals surface area contributed by atoms with Crippen LogP contribution in [0.5, 0.6) is 5.75 Å². The minimum Gasteiger partial charge on any atom is -0.484 e. The lowest BCUT2D eigenvalue weighted by Gasteiger charge is -2.12. The van der Waals surface area contributed by atoms with Gasteiger partial charge in [0.15, 0.2) is 6.61 Å². The summed E-state index contributed by atoms with van der Waals surface area (Å²) in [5.74, 6) is -0.722. The quantitative estimate of drug-likeness (QED) is 0.636. The molecule has 30 heavy (non-hydrogen) atoms. The Labute approximate surface area is 179 Å². The molecule has 0 radical (unpaired) electrons. The van der Waals surface area contributed by atoms with E-state index in [0.717, 1.165) is 36.1 Å². The lowest BCUT2D eigenvalue weighted by Crippen LogP contribution is -2.21. The van der Waals surface area contributed by atoms with Crippen LogP contribution < -0.4 is 10.1 Å². The molecular weight excluding hydrogens is 406 g/mol. The molecule has 0 fully saturated rings. The molecule has 3 rings (SSSR count). The number of hydrogen-bond acceptors (Lipinski definition) is 7. The molecule has 0 atom stereocenters. The Balaban J connectivity index is 1.64. The summed E-state index contributed by atoms with van der Waals surface area (Å²) in [7, 11) is 0. The van der Waals surface area contributed by atoms with Gasteiger partial charge < -0.3 is 19.5 Å². The number of anilines is 1. The van der Waals surface area contributed by atoms with E-state index in [1.165, 1.54) is 11.3 Å². The van der Waals surface area contributed by atoms with E-state index in [-0.39, 0.29) is 19.1 Å². The maximum atomic E-state index is 12.5. The molecule has 160 valence electrons. The highest BCUT2D eigenvalue weighted by Gasteiger charge is 2.27. The summed E-state index contributed by atoms with van der Waals surface area (Å²) in [6.45, 7) is 3.86. The van der Waals surface area contributed by atoms with Crippen molar-refractivity contribution >= 4 is 34.2 Å². The monoisotopic (exact) mass is 431 g/mol. The van der Waals surface area contributed by atoms with Crippen LogP contribution in [0.3, 0.4) is 0 Å². The maximum absolute atomic E-state index is 12.5. The van der Waals surface area contributed by atoms with Gasteiger partial charge in [0, 0.05) is 4.88 Å². The Morgan fingerprint density at radius 1 is 0.967 bits per heavy atom. The summed E-state index contributed by atoms with van der Waals surface area (Å²) in [5, 5.41) is 3.32. The largest absolute Gasteiger partial charge is 0.484 e. The van der Waals surface area contributed by atoms with E-state index in [1.54, 1.807) is 38.1 Å². The average Bonchev–Trinajstić information content (AvgIpc) is 3.10. The lowest BCUT2D eigenvalue weighted by molar-refractivity contribution is -0.118. The number of amides is 1. The molecule has 2 aromatic rings. The van der Waals surface area contributed by atoms with Crippen molar-refractivity contribution in [2.75, 3.05) is 25.1 Å². The zero-order valence-electron chi connectivity index (χ0n) is 17.1. The van der Waals surface area contributed by atoms with Crippen LogP contribution in [0.15, 0.2) is 24.3 Å². The van der Waals surface area contributed by atoms with Crippen molar-refractivity contribution in [2.45, 2.75) is 39.5 Å². The van der Waals surface area contributed by atoms with E-state index in [2.05, 4.69) is 5.32 Å². The Kier molecular flexibility index (Phi) is 7.46. The van der Waals surface area contributed by atoms with Gasteiger partial charge in [-0.2, -0.15) is 0 Å². The molecule has 1 aliphatic carbocycles.